The standard InChI is InChI=1S/C14H14BS2/c1-3-7-13(8-4-1)11-16-15-17-12-14-9-5-2-6-10-14/h1-10H,11-12H2. The van der Waals surface area contributed by atoms with E-state index in [9.17, 15) is 0 Å². The maximum atomic E-state index is 2.24. The van der Waals surface area contributed by atoms with Gasteiger partial charge in [0.15, 0.2) is 0 Å². The Morgan fingerprint density at radius 1 is 0.647 bits per heavy atom. The van der Waals surface area contributed by atoms with Gasteiger partial charge in [-0.1, -0.05) is 60.7 Å². The smallest absolute Gasteiger partial charge is 0.197 e. The van der Waals surface area contributed by atoms with Crippen molar-refractivity contribution in [3.63, 3.8) is 0 Å². The van der Waals surface area contributed by atoms with Gasteiger partial charge in [0.05, 0.1) is 0 Å². The molecule has 0 atom stereocenters. The Labute approximate surface area is 112 Å². The first kappa shape index (κ1) is 12.7. The van der Waals surface area contributed by atoms with Gasteiger partial charge in [-0.15, -0.1) is 0 Å². The molecule has 0 N–H and O–H groups in total. The molecule has 0 nitrogen and oxygen atoms in total. The summed E-state index contributed by atoms with van der Waals surface area (Å²) in [5, 5.41) is 0. The van der Waals surface area contributed by atoms with E-state index >= 15 is 0 Å². The van der Waals surface area contributed by atoms with Crippen LogP contribution in [0.2, 0.25) is 0 Å². The Hall–Kier alpha value is -0.795. The molecule has 0 aliphatic rings. The van der Waals surface area contributed by atoms with Crippen LogP contribution in [0.15, 0.2) is 60.7 Å². The highest BCUT2D eigenvalue weighted by molar-refractivity contribution is 8.50. The van der Waals surface area contributed by atoms with Crippen LogP contribution in [0.3, 0.4) is 0 Å². The molecule has 0 amide bonds. The minimum Gasteiger partial charge on any atom is -0.197 e. The monoisotopic (exact) mass is 257 g/mol. The first-order chi connectivity index (χ1) is 8.45. The van der Waals surface area contributed by atoms with Crippen LogP contribution in [0.1, 0.15) is 11.1 Å². The fourth-order valence-electron chi connectivity index (χ4n) is 1.46. The summed E-state index contributed by atoms with van der Waals surface area (Å²) < 4.78 is 0. The van der Waals surface area contributed by atoms with Gasteiger partial charge in [-0.05, 0) is 11.1 Å². The highest BCUT2D eigenvalue weighted by atomic mass is 32.2. The van der Waals surface area contributed by atoms with Gasteiger partial charge >= 0.3 is 0 Å². The third kappa shape index (κ3) is 4.92. The van der Waals surface area contributed by atoms with Crippen LogP contribution in [0.4, 0.5) is 0 Å². The second-order valence-corrected chi connectivity index (χ2v) is 5.70. The number of hydrogen-bond acceptors (Lipinski definition) is 2. The first-order valence-electron chi connectivity index (χ1n) is 5.58. The lowest BCUT2D eigenvalue weighted by molar-refractivity contribution is 1.42. The van der Waals surface area contributed by atoms with E-state index in [1.54, 1.807) is 0 Å². The predicted octanol–water partition coefficient (Wildman–Crippen LogP) is 4.39. The molecule has 0 aliphatic heterocycles. The third-order valence-corrected chi connectivity index (χ3v) is 4.41. The molecule has 0 heterocycles. The van der Waals surface area contributed by atoms with Crippen molar-refractivity contribution >= 4 is 29.1 Å². The Balaban J connectivity index is 1.61. The minimum atomic E-state index is 1.06. The van der Waals surface area contributed by atoms with Gasteiger partial charge in [-0.25, -0.2) is 0 Å². The summed E-state index contributed by atoms with van der Waals surface area (Å²) in [6.07, 6.45) is 0. The Morgan fingerprint density at radius 3 is 1.47 bits per heavy atom. The van der Waals surface area contributed by atoms with Gasteiger partial charge in [0, 0.05) is 11.5 Å². The van der Waals surface area contributed by atoms with E-state index in [2.05, 4.69) is 66.5 Å². The highest BCUT2D eigenvalue weighted by Gasteiger charge is 1.96. The van der Waals surface area contributed by atoms with E-state index in [0.717, 1.165) is 11.5 Å². The van der Waals surface area contributed by atoms with Crippen LogP contribution >= 0.6 is 23.2 Å². The Kier molecular flexibility index (Phi) is 5.60. The summed E-state index contributed by atoms with van der Waals surface area (Å²) in [5.41, 5.74) is 2.77. The van der Waals surface area contributed by atoms with E-state index in [-0.39, 0.29) is 0 Å². The summed E-state index contributed by atoms with van der Waals surface area (Å²) in [4.78, 5) is 0. The van der Waals surface area contributed by atoms with Gasteiger partial charge in [-0.3, -0.25) is 0 Å². The molecule has 2 rings (SSSR count). The van der Waals surface area contributed by atoms with Crippen LogP contribution in [0.25, 0.3) is 0 Å². The van der Waals surface area contributed by atoms with E-state index in [4.69, 9.17) is 0 Å². The van der Waals surface area contributed by atoms with Gasteiger partial charge in [0.2, 0.25) is 0 Å². The zero-order valence-corrected chi connectivity index (χ0v) is 11.2. The molecule has 0 saturated heterocycles. The molecule has 3 heteroatoms. The highest BCUT2D eigenvalue weighted by Crippen LogP contribution is 2.18. The van der Waals surface area contributed by atoms with Crippen molar-refractivity contribution in [1.82, 2.24) is 0 Å². The molecule has 1 radical (unpaired) electrons. The van der Waals surface area contributed by atoms with E-state index in [1.807, 2.05) is 23.2 Å². The van der Waals surface area contributed by atoms with Crippen LogP contribution < -0.4 is 0 Å². The van der Waals surface area contributed by atoms with Crippen molar-refractivity contribution in [2.75, 3.05) is 0 Å². The zero-order chi connectivity index (χ0) is 11.8. The van der Waals surface area contributed by atoms with Crippen molar-refractivity contribution < 1.29 is 0 Å². The molecule has 2 aromatic carbocycles. The number of benzene rings is 2. The quantitative estimate of drug-likeness (QED) is 0.556. The summed E-state index contributed by atoms with van der Waals surface area (Å²) in [6, 6.07) is 21.2. The van der Waals surface area contributed by atoms with E-state index in [0.29, 0.717) is 0 Å². The van der Waals surface area contributed by atoms with Crippen LogP contribution in [-0.4, -0.2) is 5.84 Å². The molecular formula is C14H14BS2. The van der Waals surface area contributed by atoms with Gasteiger partial charge in [0.1, 0.15) is 0 Å². The largest absolute Gasteiger partial charge is 0.268 e. The van der Waals surface area contributed by atoms with E-state index in [1.165, 1.54) is 11.1 Å². The summed E-state index contributed by atoms with van der Waals surface area (Å²) in [6.45, 7) is 0. The van der Waals surface area contributed by atoms with Crippen LogP contribution in [0, 0.1) is 0 Å². The molecule has 85 valence electrons. The fourth-order valence-corrected chi connectivity index (χ4v) is 3.16. The fraction of sp³-hybridized carbons (Fsp3) is 0.143. The molecule has 0 aromatic heterocycles. The summed E-state index contributed by atoms with van der Waals surface area (Å²) >= 11 is 3.73. The van der Waals surface area contributed by atoms with Crippen LogP contribution in [0.5, 0.6) is 0 Å². The van der Waals surface area contributed by atoms with Crippen molar-refractivity contribution in [1.29, 1.82) is 0 Å². The molecule has 2 aromatic rings. The molecular weight excluding hydrogens is 243 g/mol. The van der Waals surface area contributed by atoms with Crippen molar-refractivity contribution in [2.24, 2.45) is 0 Å². The average Bonchev–Trinajstić information content (AvgIpc) is 2.41. The predicted molar refractivity (Wildman–Crippen MR) is 81.2 cm³/mol. The van der Waals surface area contributed by atoms with Crippen molar-refractivity contribution in [3.8, 4) is 0 Å². The van der Waals surface area contributed by atoms with Gasteiger partial charge in [0.25, 0.3) is 5.84 Å². The average molecular weight is 257 g/mol. The van der Waals surface area contributed by atoms with E-state index < -0.39 is 0 Å². The molecule has 0 saturated carbocycles. The van der Waals surface area contributed by atoms with Crippen molar-refractivity contribution in [2.45, 2.75) is 11.5 Å². The molecule has 0 unspecified atom stereocenters. The summed E-state index contributed by atoms with van der Waals surface area (Å²) in [7, 11) is 0. The number of hydrogen-bond donors (Lipinski definition) is 0. The lowest BCUT2D eigenvalue weighted by Gasteiger charge is -2.01. The number of rotatable bonds is 6. The van der Waals surface area contributed by atoms with Crippen molar-refractivity contribution in [3.05, 3.63) is 71.8 Å². The van der Waals surface area contributed by atoms with Gasteiger partial charge < -0.3 is 0 Å². The SMILES string of the molecule is [B](SCc1ccccc1)SCc1ccccc1. The minimum absolute atomic E-state index is 1.06. The van der Waals surface area contributed by atoms with Crippen LogP contribution in [-0.2, 0) is 11.5 Å². The summed E-state index contributed by atoms with van der Waals surface area (Å²) in [5.74, 6) is 4.35. The molecule has 0 bridgehead atoms. The topological polar surface area (TPSA) is 0 Å². The lowest BCUT2D eigenvalue weighted by Crippen LogP contribution is -1.85. The third-order valence-electron chi connectivity index (χ3n) is 2.32. The second-order valence-electron chi connectivity index (χ2n) is 3.69. The molecule has 0 aliphatic carbocycles. The zero-order valence-electron chi connectivity index (χ0n) is 9.58. The molecule has 17 heavy (non-hydrogen) atoms. The second kappa shape index (κ2) is 7.52. The Bertz CT molecular complexity index is 375. The normalized spacial score (nSPS) is 10.1. The Morgan fingerprint density at radius 2 is 1.06 bits per heavy atom. The first-order valence-corrected chi connectivity index (χ1v) is 7.67. The van der Waals surface area contributed by atoms with Gasteiger partial charge in [-0.2, -0.15) is 23.2 Å². The molecule has 0 spiro atoms. The maximum absolute atomic E-state index is 2.24. The molecule has 0 fully saturated rings. The maximum Gasteiger partial charge on any atom is 0.268 e. The lowest BCUT2D eigenvalue weighted by atomic mass is 10.2.